The summed E-state index contributed by atoms with van der Waals surface area (Å²) >= 11 is 0. The second kappa shape index (κ2) is 7.92. The number of benzene rings is 1. The first-order valence-electron chi connectivity index (χ1n) is 7.81. The number of carbonyl (C=O) groups is 2. The minimum absolute atomic E-state index is 0.00234. The van der Waals surface area contributed by atoms with Crippen LogP contribution in [0.25, 0.3) is 0 Å². The Morgan fingerprint density at radius 2 is 1.64 bits per heavy atom. The minimum atomic E-state index is -0.946. The number of rotatable bonds is 5. The Bertz CT molecular complexity index is 507. The van der Waals surface area contributed by atoms with Crippen LogP contribution in [-0.2, 0) is 9.59 Å². The predicted octanol–water partition coefficient (Wildman–Crippen LogP) is 3.18. The largest absolute Gasteiger partial charge is 0.481 e. The van der Waals surface area contributed by atoms with Crippen LogP contribution in [0.5, 0.6) is 0 Å². The number of aliphatic carboxylic acids is 1. The van der Waals surface area contributed by atoms with Crippen LogP contribution < -0.4 is 0 Å². The quantitative estimate of drug-likeness (QED) is 0.909. The van der Waals surface area contributed by atoms with Crippen LogP contribution in [0.4, 0.5) is 4.39 Å². The van der Waals surface area contributed by atoms with Crippen molar-refractivity contribution in [3.63, 3.8) is 0 Å². The first-order valence-corrected chi connectivity index (χ1v) is 7.81. The van der Waals surface area contributed by atoms with Gasteiger partial charge in [0.2, 0.25) is 5.91 Å². The number of nitrogens with zero attached hydrogens (tertiary/aromatic N) is 1. The van der Waals surface area contributed by atoms with Crippen LogP contribution in [-0.4, -0.2) is 35.0 Å². The first-order chi connectivity index (χ1) is 10.6. The van der Waals surface area contributed by atoms with E-state index in [1.807, 2.05) is 4.90 Å². The fourth-order valence-corrected chi connectivity index (χ4v) is 2.91. The Hall–Kier alpha value is -1.91. The maximum absolute atomic E-state index is 13.0. The highest BCUT2D eigenvalue weighted by atomic mass is 19.1. The van der Waals surface area contributed by atoms with Gasteiger partial charge in [-0.2, -0.15) is 0 Å². The van der Waals surface area contributed by atoms with E-state index in [0.717, 1.165) is 38.8 Å². The normalized spacial score (nSPS) is 16.9. The van der Waals surface area contributed by atoms with E-state index in [2.05, 4.69) is 0 Å². The number of carbonyl (C=O) groups excluding carboxylic acids is 1. The van der Waals surface area contributed by atoms with E-state index in [9.17, 15) is 14.0 Å². The monoisotopic (exact) mass is 307 g/mol. The van der Waals surface area contributed by atoms with Crippen molar-refractivity contribution in [3.05, 3.63) is 35.6 Å². The van der Waals surface area contributed by atoms with Crippen molar-refractivity contribution in [3.8, 4) is 0 Å². The van der Waals surface area contributed by atoms with Crippen molar-refractivity contribution in [2.45, 2.75) is 44.4 Å². The van der Waals surface area contributed by atoms with Gasteiger partial charge in [0, 0.05) is 25.4 Å². The first kappa shape index (κ1) is 16.5. The molecule has 1 amide bonds. The molecule has 0 radical (unpaired) electrons. The van der Waals surface area contributed by atoms with Gasteiger partial charge in [-0.25, -0.2) is 4.39 Å². The zero-order valence-electron chi connectivity index (χ0n) is 12.6. The molecule has 22 heavy (non-hydrogen) atoms. The van der Waals surface area contributed by atoms with Gasteiger partial charge in [-0.15, -0.1) is 0 Å². The molecule has 1 aliphatic heterocycles. The predicted molar refractivity (Wildman–Crippen MR) is 81.1 cm³/mol. The number of carboxylic acid groups (broad SMARTS) is 1. The number of hydrogen-bond acceptors (Lipinski definition) is 2. The molecule has 5 heteroatoms. The van der Waals surface area contributed by atoms with Crippen LogP contribution in [0, 0.1) is 5.82 Å². The molecule has 1 fully saturated rings. The van der Waals surface area contributed by atoms with Crippen molar-refractivity contribution in [2.24, 2.45) is 0 Å². The van der Waals surface area contributed by atoms with Gasteiger partial charge < -0.3 is 10.0 Å². The molecule has 1 unspecified atom stereocenters. The second-order valence-corrected chi connectivity index (χ2v) is 5.85. The number of halogens is 1. The highest BCUT2D eigenvalue weighted by Crippen LogP contribution is 2.25. The van der Waals surface area contributed by atoms with E-state index >= 15 is 0 Å². The maximum atomic E-state index is 13.0. The van der Waals surface area contributed by atoms with E-state index in [-0.39, 0.29) is 24.6 Å². The summed E-state index contributed by atoms with van der Waals surface area (Å²) in [6.45, 7) is 1.50. The van der Waals surface area contributed by atoms with Crippen molar-refractivity contribution < 1.29 is 19.1 Å². The summed E-state index contributed by atoms with van der Waals surface area (Å²) in [6.07, 6.45) is 4.33. The summed E-state index contributed by atoms with van der Waals surface area (Å²) in [5.41, 5.74) is 0.701. The summed E-state index contributed by atoms with van der Waals surface area (Å²) in [5, 5.41) is 9.07. The molecule has 4 nitrogen and oxygen atoms in total. The van der Waals surface area contributed by atoms with E-state index in [1.165, 1.54) is 12.1 Å². The molecule has 0 bridgehead atoms. The Balaban J connectivity index is 2.06. The molecule has 1 saturated heterocycles. The maximum Gasteiger partial charge on any atom is 0.303 e. The molecule has 0 spiro atoms. The summed E-state index contributed by atoms with van der Waals surface area (Å²) in [7, 11) is 0. The zero-order chi connectivity index (χ0) is 15.9. The second-order valence-electron chi connectivity index (χ2n) is 5.85. The fraction of sp³-hybridized carbons (Fsp3) is 0.529. The summed E-state index contributed by atoms with van der Waals surface area (Å²) in [5.74, 6) is -1.72. The summed E-state index contributed by atoms with van der Waals surface area (Å²) in [4.78, 5) is 25.3. The average Bonchev–Trinajstić information content (AvgIpc) is 2.76. The van der Waals surface area contributed by atoms with E-state index in [4.69, 9.17) is 5.11 Å². The minimum Gasteiger partial charge on any atom is -0.481 e. The molecule has 0 aromatic heterocycles. The van der Waals surface area contributed by atoms with Gasteiger partial charge in [-0.05, 0) is 30.5 Å². The molecule has 1 aromatic carbocycles. The number of hydrogen-bond donors (Lipinski definition) is 1. The van der Waals surface area contributed by atoms with Gasteiger partial charge in [-0.3, -0.25) is 9.59 Å². The smallest absolute Gasteiger partial charge is 0.303 e. The lowest BCUT2D eigenvalue weighted by Gasteiger charge is -2.23. The van der Waals surface area contributed by atoms with Crippen molar-refractivity contribution >= 4 is 11.9 Å². The Morgan fingerprint density at radius 3 is 2.18 bits per heavy atom. The lowest BCUT2D eigenvalue weighted by Crippen LogP contribution is -2.33. The summed E-state index contributed by atoms with van der Waals surface area (Å²) in [6, 6.07) is 5.75. The summed E-state index contributed by atoms with van der Waals surface area (Å²) < 4.78 is 13.0. The number of amides is 1. The topological polar surface area (TPSA) is 57.6 Å². The standard InChI is InChI=1S/C17H22FNO3/c18-15-7-5-13(6-8-15)14(12-17(21)22)11-16(20)19-9-3-1-2-4-10-19/h5-8,14H,1-4,9-12H2,(H,21,22). The third kappa shape index (κ3) is 4.83. The molecule has 1 aliphatic rings. The van der Waals surface area contributed by atoms with Crippen LogP contribution in [0.2, 0.25) is 0 Å². The lowest BCUT2D eigenvalue weighted by molar-refractivity contribution is -0.138. The van der Waals surface area contributed by atoms with Crippen LogP contribution in [0.15, 0.2) is 24.3 Å². The average molecular weight is 307 g/mol. The fourth-order valence-electron chi connectivity index (χ4n) is 2.91. The Kier molecular flexibility index (Phi) is 5.92. The molecule has 1 atom stereocenters. The molecular weight excluding hydrogens is 285 g/mol. The van der Waals surface area contributed by atoms with Gasteiger partial charge in [0.15, 0.2) is 0 Å². The lowest BCUT2D eigenvalue weighted by atomic mass is 9.92. The van der Waals surface area contributed by atoms with Gasteiger partial charge in [0.1, 0.15) is 5.82 Å². The molecule has 120 valence electrons. The van der Waals surface area contributed by atoms with Crippen molar-refractivity contribution in [1.82, 2.24) is 4.90 Å². The molecule has 1 aromatic rings. The zero-order valence-corrected chi connectivity index (χ0v) is 12.6. The van der Waals surface area contributed by atoms with Gasteiger partial charge >= 0.3 is 5.97 Å². The highest BCUT2D eigenvalue weighted by molar-refractivity contribution is 5.78. The van der Waals surface area contributed by atoms with Crippen molar-refractivity contribution in [2.75, 3.05) is 13.1 Å². The SMILES string of the molecule is O=C(O)CC(CC(=O)N1CCCCCC1)c1ccc(F)cc1. The van der Waals surface area contributed by atoms with E-state index in [0.29, 0.717) is 5.56 Å². The molecular formula is C17H22FNO3. The number of likely N-dealkylation sites (tertiary alicyclic amines) is 1. The van der Waals surface area contributed by atoms with Crippen molar-refractivity contribution in [1.29, 1.82) is 0 Å². The van der Waals surface area contributed by atoms with Crippen LogP contribution in [0.1, 0.15) is 50.0 Å². The van der Waals surface area contributed by atoms with Gasteiger partial charge in [0.25, 0.3) is 0 Å². The Morgan fingerprint density at radius 1 is 1.05 bits per heavy atom. The van der Waals surface area contributed by atoms with E-state index < -0.39 is 11.9 Å². The molecule has 1 N–H and O–H groups in total. The molecule has 0 aliphatic carbocycles. The molecule has 1 heterocycles. The Labute approximate surface area is 129 Å². The van der Waals surface area contributed by atoms with Crippen LogP contribution in [0.3, 0.4) is 0 Å². The van der Waals surface area contributed by atoms with Gasteiger partial charge in [-0.1, -0.05) is 25.0 Å². The third-order valence-electron chi connectivity index (χ3n) is 4.14. The highest BCUT2D eigenvalue weighted by Gasteiger charge is 2.23. The van der Waals surface area contributed by atoms with Gasteiger partial charge in [0.05, 0.1) is 6.42 Å². The molecule has 2 rings (SSSR count). The molecule has 0 saturated carbocycles. The third-order valence-corrected chi connectivity index (χ3v) is 4.14. The van der Waals surface area contributed by atoms with E-state index in [1.54, 1.807) is 12.1 Å². The van der Waals surface area contributed by atoms with Crippen LogP contribution >= 0.6 is 0 Å². The number of carboxylic acids is 1.